The van der Waals surface area contributed by atoms with Gasteiger partial charge in [-0.3, -0.25) is 4.72 Å². The minimum atomic E-state index is -3.73. The average molecular weight is 267 g/mol. The van der Waals surface area contributed by atoms with Crippen LogP contribution < -0.4 is 9.44 Å². The van der Waals surface area contributed by atoms with Gasteiger partial charge in [-0.1, -0.05) is 12.1 Å². The Labute approximate surface area is 99.0 Å². The van der Waals surface area contributed by atoms with Crippen LogP contribution in [0.1, 0.15) is 6.42 Å². The molecule has 4 nitrogen and oxygen atoms in total. The van der Waals surface area contributed by atoms with Crippen molar-refractivity contribution >= 4 is 27.5 Å². The summed E-state index contributed by atoms with van der Waals surface area (Å²) >= 11 is 5.40. The molecule has 0 saturated heterocycles. The zero-order chi connectivity index (χ0) is 12.0. The molecular weight excluding hydrogens is 255 g/mol. The molecule has 0 spiro atoms. The van der Waals surface area contributed by atoms with Crippen molar-refractivity contribution in [3.8, 4) is 0 Å². The summed E-state index contributed by atoms with van der Waals surface area (Å²) in [6, 6.07) is 5.54. The van der Waals surface area contributed by atoms with Gasteiger partial charge in [0.2, 0.25) is 0 Å². The standard InChI is InChI=1S/C9H12ClFN2O2S/c10-6-3-7-12-16(14,15)13-9-5-2-1-4-8(9)11/h1-2,4-5,12-13H,3,6-7H2. The summed E-state index contributed by atoms with van der Waals surface area (Å²) < 4.78 is 40.3. The third-order valence-electron chi connectivity index (χ3n) is 1.72. The van der Waals surface area contributed by atoms with Gasteiger partial charge in [0.15, 0.2) is 0 Å². The highest BCUT2D eigenvalue weighted by molar-refractivity contribution is 7.90. The topological polar surface area (TPSA) is 58.2 Å². The predicted octanol–water partition coefficient (Wildman–Crippen LogP) is 1.70. The van der Waals surface area contributed by atoms with Gasteiger partial charge in [0.05, 0.1) is 5.69 Å². The molecular formula is C9H12ClFN2O2S. The number of rotatable bonds is 6. The highest BCUT2D eigenvalue weighted by atomic mass is 35.5. The Morgan fingerprint density at radius 2 is 2.00 bits per heavy atom. The van der Waals surface area contributed by atoms with Crippen molar-refractivity contribution in [2.45, 2.75) is 6.42 Å². The molecule has 0 aromatic heterocycles. The summed E-state index contributed by atoms with van der Waals surface area (Å²) in [4.78, 5) is 0. The number of hydrogen-bond acceptors (Lipinski definition) is 2. The van der Waals surface area contributed by atoms with Crippen LogP contribution in [-0.4, -0.2) is 20.8 Å². The number of nitrogens with one attached hydrogen (secondary N) is 2. The van der Waals surface area contributed by atoms with E-state index in [2.05, 4.69) is 9.44 Å². The van der Waals surface area contributed by atoms with E-state index in [4.69, 9.17) is 11.6 Å². The van der Waals surface area contributed by atoms with Crippen molar-refractivity contribution in [2.75, 3.05) is 17.1 Å². The number of hydrogen-bond donors (Lipinski definition) is 2. The average Bonchev–Trinajstić information content (AvgIpc) is 2.21. The fraction of sp³-hybridized carbons (Fsp3) is 0.333. The summed E-state index contributed by atoms with van der Waals surface area (Å²) in [6.07, 6.45) is 0.514. The van der Waals surface area contributed by atoms with Crippen molar-refractivity contribution in [3.63, 3.8) is 0 Å². The number of anilines is 1. The Morgan fingerprint density at radius 3 is 2.62 bits per heavy atom. The van der Waals surface area contributed by atoms with E-state index >= 15 is 0 Å². The molecule has 0 heterocycles. The smallest absolute Gasteiger partial charge is 0.268 e. The Kier molecular flexibility index (Phi) is 4.98. The maximum atomic E-state index is 13.1. The number of para-hydroxylation sites is 1. The SMILES string of the molecule is O=S(=O)(NCCCCl)Nc1ccccc1F. The lowest BCUT2D eigenvalue weighted by Gasteiger charge is -2.09. The maximum absolute atomic E-state index is 13.1. The first-order valence-corrected chi connectivity index (χ1v) is 6.65. The third-order valence-corrected chi connectivity index (χ3v) is 3.06. The molecule has 1 aromatic rings. The van der Waals surface area contributed by atoms with Gasteiger partial charge in [-0.15, -0.1) is 11.6 Å². The highest BCUT2D eigenvalue weighted by Gasteiger charge is 2.11. The zero-order valence-electron chi connectivity index (χ0n) is 8.41. The predicted molar refractivity (Wildman–Crippen MR) is 62.3 cm³/mol. The van der Waals surface area contributed by atoms with Gasteiger partial charge in [-0.2, -0.15) is 13.1 Å². The van der Waals surface area contributed by atoms with E-state index in [1.165, 1.54) is 18.2 Å². The van der Waals surface area contributed by atoms with Crippen LogP contribution in [0, 0.1) is 5.82 Å². The Balaban J connectivity index is 2.63. The Bertz CT molecular complexity index is 439. The normalized spacial score (nSPS) is 11.4. The summed E-state index contributed by atoms with van der Waals surface area (Å²) in [6.45, 7) is 0.216. The molecule has 1 aromatic carbocycles. The van der Waals surface area contributed by atoms with Crippen molar-refractivity contribution < 1.29 is 12.8 Å². The van der Waals surface area contributed by atoms with E-state index in [0.717, 1.165) is 0 Å². The van der Waals surface area contributed by atoms with E-state index in [0.29, 0.717) is 12.3 Å². The first-order valence-electron chi connectivity index (χ1n) is 4.63. The van der Waals surface area contributed by atoms with E-state index in [1.807, 2.05) is 0 Å². The van der Waals surface area contributed by atoms with Crippen molar-refractivity contribution in [1.82, 2.24) is 4.72 Å². The minimum Gasteiger partial charge on any atom is -0.268 e. The molecule has 0 bridgehead atoms. The van der Waals surface area contributed by atoms with Gasteiger partial charge in [-0.25, -0.2) is 4.39 Å². The van der Waals surface area contributed by atoms with Gasteiger partial charge >= 0.3 is 0 Å². The zero-order valence-corrected chi connectivity index (χ0v) is 9.98. The van der Waals surface area contributed by atoms with E-state index in [9.17, 15) is 12.8 Å². The van der Waals surface area contributed by atoms with Crippen LogP contribution in [-0.2, 0) is 10.2 Å². The molecule has 0 amide bonds. The van der Waals surface area contributed by atoms with Crippen LogP contribution in [0.15, 0.2) is 24.3 Å². The summed E-state index contributed by atoms with van der Waals surface area (Å²) in [7, 11) is -3.73. The molecule has 16 heavy (non-hydrogen) atoms. The summed E-state index contributed by atoms with van der Waals surface area (Å²) in [5, 5.41) is 0. The lowest BCUT2D eigenvalue weighted by Crippen LogP contribution is -2.31. The van der Waals surface area contributed by atoms with Gasteiger partial charge in [0.25, 0.3) is 10.2 Å². The second-order valence-electron chi connectivity index (χ2n) is 3.02. The second kappa shape index (κ2) is 6.03. The minimum absolute atomic E-state index is 0.0825. The summed E-state index contributed by atoms with van der Waals surface area (Å²) in [5.74, 6) is -0.257. The van der Waals surface area contributed by atoms with Crippen LogP contribution in [0.4, 0.5) is 10.1 Å². The van der Waals surface area contributed by atoms with Crippen LogP contribution in [0.25, 0.3) is 0 Å². The largest absolute Gasteiger partial charge is 0.299 e. The van der Waals surface area contributed by atoms with Crippen LogP contribution in [0.5, 0.6) is 0 Å². The Hall–Kier alpha value is -0.850. The molecule has 0 radical (unpaired) electrons. The van der Waals surface area contributed by atoms with E-state index in [-0.39, 0.29) is 12.2 Å². The van der Waals surface area contributed by atoms with E-state index in [1.54, 1.807) is 6.07 Å². The van der Waals surface area contributed by atoms with Crippen LogP contribution in [0.3, 0.4) is 0 Å². The van der Waals surface area contributed by atoms with Crippen LogP contribution in [0.2, 0.25) is 0 Å². The number of benzene rings is 1. The van der Waals surface area contributed by atoms with Crippen molar-refractivity contribution in [3.05, 3.63) is 30.1 Å². The first-order chi connectivity index (χ1) is 7.55. The first kappa shape index (κ1) is 13.2. The lowest BCUT2D eigenvalue weighted by molar-refractivity contribution is 0.584. The molecule has 0 atom stereocenters. The van der Waals surface area contributed by atoms with Crippen LogP contribution >= 0.6 is 11.6 Å². The molecule has 1 rings (SSSR count). The fourth-order valence-corrected chi connectivity index (χ4v) is 2.07. The monoisotopic (exact) mass is 266 g/mol. The number of halogens is 2. The quantitative estimate of drug-likeness (QED) is 0.608. The third kappa shape index (κ3) is 4.34. The summed E-state index contributed by atoms with van der Waals surface area (Å²) in [5.41, 5.74) is -0.0825. The molecule has 0 aliphatic rings. The molecule has 0 aliphatic carbocycles. The molecule has 0 aliphatic heterocycles. The molecule has 0 fully saturated rings. The van der Waals surface area contributed by atoms with Gasteiger partial charge < -0.3 is 0 Å². The lowest BCUT2D eigenvalue weighted by atomic mass is 10.3. The van der Waals surface area contributed by atoms with Gasteiger partial charge in [-0.05, 0) is 18.6 Å². The maximum Gasteiger partial charge on any atom is 0.299 e. The van der Waals surface area contributed by atoms with Gasteiger partial charge in [0, 0.05) is 12.4 Å². The van der Waals surface area contributed by atoms with Gasteiger partial charge in [0.1, 0.15) is 5.82 Å². The van der Waals surface area contributed by atoms with Crippen molar-refractivity contribution in [2.24, 2.45) is 0 Å². The molecule has 2 N–H and O–H groups in total. The Morgan fingerprint density at radius 1 is 1.31 bits per heavy atom. The second-order valence-corrected chi connectivity index (χ2v) is 4.90. The molecule has 0 unspecified atom stereocenters. The van der Waals surface area contributed by atoms with Crippen molar-refractivity contribution in [1.29, 1.82) is 0 Å². The molecule has 90 valence electrons. The van der Waals surface area contributed by atoms with E-state index < -0.39 is 16.0 Å². The molecule has 0 saturated carbocycles. The fourth-order valence-electron chi connectivity index (χ4n) is 0.998. The number of alkyl halides is 1. The highest BCUT2D eigenvalue weighted by Crippen LogP contribution is 2.13. The molecule has 7 heteroatoms.